The van der Waals surface area contributed by atoms with Gasteiger partial charge in [-0.05, 0) is 30.7 Å². The summed E-state index contributed by atoms with van der Waals surface area (Å²) in [6, 6.07) is 5.66. The molecule has 2 aromatic rings. The minimum atomic E-state index is -0.242. The summed E-state index contributed by atoms with van der Waals surface area (Å²) in [4.78, 5) is 20.4. The number of carbonyl (C=O) groups excluding carboxylic acids is 1. The van der Waals surface area contributed by atoms with E-state index in [1.807, 2.05) is 25.1 Å². The molecule has 0 atom stereocenters. The SMILES string of the molecule is COCCNc1ncc(C(=O)Nc2ccc(Br)cc2C)cn1. The second-order valence-electron chi connectivity index (χ2n) is 4.63. The van der Waals surface area contributed by atoms with Crippen molar-refractivity contribution in [3.8, 4) is 0 Å². The number of hydrogen-bond donors (Lipinski definition) is 2. The Labute approximate surface area is 137 Å². The first-order valence-corrected chi connectivity index (χ1v) is 7.52. The highest BCUT2D eigenvalue weighted by Crippen LogP contribution is 2.20. The summed E-state index contributed by atoms with van der Waals surface area (Å²) in [5.41, 5.74) is 2.14. The summed E-state index contributed by atoms with van der Waals surface area (Å²) in [5, 5.41) is 5.84. The third-order valence-electron chi connectivity index (χ3n) is 2.94. The quantitative estimate of drug-likeness (QED) is 0.770. The molecule has 0 saturated heterocycles. The predicted octanol–water partition coefficient (Wildman–Crippen LogP) is 2.86. The van der Waals surface area contributed by atoms with Crippen LogP contribution < -0.4 is 10.6 Å². The fraction of sp³-hybridized carbons (Fsp3) is 0.267. The summed E-state index contributed by atoms with van der Waals surface area (Å²) in [6.45, 7) is 3.11. The Kier molecular flexibility index (Phi) is 5.85. The number of aryl methyl sites for hydroxylation is 1. The molecule has 0 unspecified atom stereocenters. The average molecular weight is 365 g/mol. The molecule has 0 radical (unpaired) electrons. The Balaban J connectivity index is 2.00. The van der Waals surface area contributed by atoms with E-state index < -0.39 is 0 Å². The van der Waals surface area contributed by atoms with Crippen molar-refractivity contribution in [1.29, 1.82) is 0 Å². The highest BCUT2D eigenvalue weighted by atomic mass is 79.9. The fourth-order valence-electron chi connectivity index (χ4n) is 1.76. The molecule has 1 heterocycles. The van der Waals surface area contributed by atoms with Gasteiger partial charge < -0.3 is 15.4 Å². The molecular weight excluding hydrogens is 348 g/mol. The number of nitrogens with zero attached hydrogens (tertiary/aromatic N) is 2. The summed E-state index contributed by atoms with van der Waals surface area (Å²) < 4.78 is 5.90. The van der Waals surface area contributed by atoms with E-state index in [9.17, 15) is 4.79 Å². The van der Waals surface area contributed by atoms with Crippen molar-refractivity contribution in [3.05, 3.63) is 46.2 Å². The average Bonchev–Trinajstić information content (AvgIpc) is 2.51. The first-order chi connectivity index (χ1) is 10.6. The zero-order chi connectivity index (χ0) is 15.9. The third-order valence-corrected chi connectivity index (χ3v) is 3.43. The van der Waals surface area contributed by atoms with E-state index >= 15 is 0 Å². The molecule has 0 aliphatic carbocycles. The highest BCUT2D eigenvalue weighted by molar-refractivity contribution is 9.10. The largest absolute Gasteiger partial charge is 0.383 e. The van der Waals surface area contributed by atoms with Gasteiger partial charge in [0.2, 0.25) is 5.95 Å². The molecule has 0 bridgehead atoms. The van der Waals surface area contributed by atoms with E-state index in [4.69, 9.17) is 4.74 Å². The molecule has 2 N–H and O–H groups in total. The number of anilines is 2. The normalized spacial score (nSPS) is 10.3. The molecule has 6 nitrogen and oxygen atoms in total. The number of hydrogen-bond acceptors (Lipinski definition) is 5. The number of methoxy groups -OCH3 is 1. The maximum absolute atomic E-state index is 12.2. The van der Waals surface area contributed by atoms with Crippen LogP contribution in [0.2, 0.25) is 0 Å². The molecule has 1 aromatic heterocycles. The molecule has 1 aromatic carbocycles. The monoisotopic (exact) mass is 364 g/mol. The second-order valence-corrected chi connectivity index (χ2v) is 5.54. The third kappa shape index (κ3) is 4.51. The second kappa shape index (κ2) is 7.86. The number of carbonyl (C=O) groups is 1. The van der Waals surface area contributed by atoms with Crippen LogP contribution in [0.5, 0.6) is 0 Å². The van der Waals surface area contributed by atoms with Gasteiger partial charge in [0.25, 0.3) is 5.91 Å². The van der Waals surface area contributed by atoms with Gasteiger partial charge >= 0.3 is 0 Å². The molecule has 0 spiro atoms. The van der Waals surface area contributed by atoms with Crippen molar-refractivity contribution < 1.29 is 9.53 Å². The Bertz CT molecular complexity index is 646. The summed E-state index contributed by atoms with van der Waals surface area (Å²) >= 11 is 3.39. The summed E-state index contributed by atoms with van der Waals surface area (Å²) in [5.74, 6) is 0.224. The zero-order valence-corrected chi connectivity index (χ0v) is 14.0. The van der Waals surface area contributed by atoms with Crippen molar-refractivity contribution in [2.24, 2.45) is 0 Å². The van der Waals surface area contributed by atoms with Gasteiger partial charge in [-0.15, -0.1) is 0 Å². The van der Waals surface area contributed by atoms with E-state index in [0.29, 0.717) is 24.7 Å². The lowest BCUT2D eigenvalue weighted by atomic mass is 10.2. The molecule has 0 aliphatic rings. The summed E-state index contributed by atoms with van der Waals surface area (Å²) in [7, 11) is 1.63. The van der Waals surface area contributed by atoms with Gasteiger partial charge in [0.1, 0.15) is 0 Å². The maximum Gasteiger partial charge on any atom is 0.258 e. The molecule has 116 valence electrons. The van der Waals surface area contributed by atoms with Gasteiger partial charge in [0.05, 0.1) is 12.2 Å². The number of rotatable bonds is 6. The van der Waals surface area contributed by atoms with Crippen molar-refractivity contribution in [3.63, 3.8) is 0 Å². The lowest BCUT2D eigenvalue weighted by Crippen LogP contribution is -2.15. The lowest BCUT2D eigenvalue weighted by Gasteiger charge is -2.09. The van der Waals surface area contributed by atoms with Crippen molar-refractivity contribution >= 4 is 33.5 Å². The van der Waals surface area contributed by atoms with E-state index in [2.05, 4.69) is 36.5 Å². The van der Waals surface area contributed by atoms with Crippen LogP contribution in [0.3, 0.4) is 0 Å². The van der Waals surface area contributed by atoms with Gasteiger partial charge in [-0.25, -0.2) is 9.97 Å². The molecule has 1 amide bonds. The zero-order valence-electron chi connectivity index (χ0n) is 12.4. The number of amides is 1. The smallest absolute Gasteiger partial charge is 0.258 e. The van der Waals surface area contributed by atoms with Crippen LogP contribution in [-0.4, -0.2) is 36.1 Å². The van der Waals surface area contributed by atoms with Crippen LogP contribution in [0, 0.1) is 6.92 Å². The van der Waals surface area contributed by atoms with E-state index in [1.54, 1.807) is 7.11 Å². The van der Waals surface area contributed by atoms with Gasteiger partial charge in [0.15, 0.2) is 0 Å². The van der Waals surface area contributed by atoms with Crippen LogP contribution in [0.15, 0.2) is 35.1 Å². The minimum Gasteiger partial charge on any atom is -0.383 e. The van der Waals surface area contributed by atoms with Crippen molar-refractivity contribution in [2.75, 3.05) is 30.9 Å². The Morgan fingerprint density at radius 3 is 2.68 bits per heavy atom. The number of aromatic nitrogens is 2. The molecule has 0 aliphatic heterocycles. The van der Waals surface area contributed by atoms with Gasteiger partial charge in [-0.2, -0.15) is 0 Å². The number of benzene rings is 1. The number of nitrogens with one attached hydrogen (secondary N) is 2. The molecular formula is C15H17BrN4O2. The Hall–Kier alpha value is -1.99. The fourth-order valence-corrected chi connectivity index (χ4v) is 2.24. The van der Waals surface area contributed by atoms with Crippen LogP contribution in [-0.2, 0) is 4.74 Å². The van der Waals surface area contributed by atoms with E-state index in [-0.39, 0.29) is 5.91 Å². The Morgan fingerprint density at radius 2 is 2.05 bits per heavy atom. The van der Waals surface area contributed by atoms with Crippen molar-refractivity contribution in [2.45, 2.75) is 6.92 Å². The van der Waals surface area contributed by atoms with Gasteiger partial charge in [0, 0.05) is 36.2 Å². The summed E-state index contributed by atoms with van der Waals surface area (Å²) in [6.07, 6.45) is 2.98. The lowest BCUT2D eigenvalue weighted by molar-refractivity contribution is 0.102. The molecule has 0 saturated carbocycles. The van der Waals surface area contributed by atoms with Crippen LogP contribution in [0.4, 0.5) is 11.6 Å². The maximum atomic E-state index is 12.2. The number of halogens is 1. The van der Waals surface area contributed by atoms with Crippen molar-refractivity contribution in [1.82, 2.24) is 9.97 Å². The highest BCUT2D eigenvalue weighted by Gasteiger charge is 2.09. The topological polar surface area (TPSA) is 76.1 Å². The molecule has 2 rings (SSSR count). The van der Waals surface area contributed by atoms with Crippen LogP contribution >= 0.6 is 15.9 Å². The van der Waals surface area contributed by atoms with Gasteiger partial charge in [-0.1, -0.05) is 15.9 Å². The van der Waals surface area contributed by atoms with Gasteiger partial charge in [-0.3, -0.25) is 4.79 Å². The molecule has 0 fully saturated rings. The minimum absolute atomic E-state index is 0.242. The van der Waals surface area contributed by atoms with E-state index in [0.717, 1.165) is 15.7 Å². The standard InChI is InChI=1S/C15H17BrN4O2/c1-10-7-12(16)3-4-13(10)20-14(21)11-8-18-15(19-9-11)17-5-6-22-2/h3-4,7-9H,5-6H2,1-2H3,(H,20,21)(H,17,18,19). The first kappa shape index (κ1) is 16.4. The molecule has 7 heteroatoms. The van der Waals surface area contributed by atoms with Crippen LogP contribution in [0.1, 0.15) is 15.9 Å². The van der Waals surface area contributed by atoms with E-state index in [1.165, 1.54) is 12.4 Å². The Morgan fingerprint density at radius 1 is 1.32 bits per heavy atom. The number of ether oxygens (including phenoxy) is 1. The van der Waals surface area contributed by atoms with Crippen LogP contribution in [0.25, 0.3) is 0 Å². The predicted molar refractivity (Wildman–Crippen MR) is 89.2 cm³/mol. The molecule has 22 heavy (non-hydrogen) atoms. The first-order valence-electron chi connectivity index (χ1n) is 6.72.